The van der Waals surface area contributed by atoms with Gasteiger partial charge in [0.05, 0.1) is 11.4 Å². The molecule has 0 atom stereocenters. The number of anilines is 2. The number of nitrogens with one attached hydrogen (secondary N) is 1. The van der Waals surface area contributed by atoms with Gasteiger partial charge in [-0.1, -0.05) is 43.7 Å². The number of unbranched alkanes of at least 4 members (excludes halogenated alkanes) is 1. The van der Waals surface area contributed by atoms with Crippen LogP contribution >= 0.6 is 0 Å². The molecule has 2 aromatic carbocycles. The van der Waals surface area contributed by atoms with Crippen molar-refractivity contribution in [2.24, 2.45) is 0 Å². The quantitative estimate of drug-likeness (QED) is 0.601. The Labute approximate surface area is 174 Å². The average molecular weight is 418 g/mol. The molecule has 29 heavy (non-hydrogen) atoms. The zero-order valence-electron chi connectivity index (χ0n) is 17.5. The van der Waals surface area contributed by atoms with E-state index in [1.54, 1.807) is 49.4 Å². The maximum Gasteiger partial charge on any atom is 0.266 e. The number of sulfonamides is 1. The second-order valence-corrected chi connectivity index (χ2v) is 8.79. The molecule has 0 aromatic heterocycles. The fourth-order valence-electron chi connectivity index (χ4n) is 3.04. The minimum Gasteiger partial charge on any atom is -0.325 e. The molecule has 0 aliphatic carbocycles. The van der Waals surface area contributed by atoms with Gasteiger partial charge in [-0.3, -0.25) is 9.10 Å². The molecule has 2 rings (SSSR count). The van der Waals surface area contributed by atoms with Gasteiger partial charge >= 0.3 is 0 Å². The minimum absolute atomic E-state index is 0.0957. The first kappa shape index (κ1) is 22.9. The summed E-state index contributed by atoms with van der Waals surface area (Å²) in [6.45, 7) is 5.78. The number of amides is 1. The summed E-state index contributed by atoms with van der Waals surface area (Å²) in [6.07, 6.45) is 2.51. The zero-order valence-corrected chi connectivity index (χ0v) is 18.3. The first-order chi connectivity index (χ1) is 13.9. The van der Waals surface area contributed by atoms with E-state index in [1.165, 1.54) is 10.4 Å². The molecular weight excluding hydrogens is 386 g/mol. The summed E-state index contributed by atoms with van der Waals surface area (Å²) < 4.78 is 28.0. The number of benzene rings is 2. The molecule has 0 saturated heterocycles. The Bertz CT molecular complexity index is 885. The first-order valence-corrected chi connectivity index (χ1v) is 11.5. The van der Waals surface area contributed by atoms with Crippen LogP contribution in [0.2, 0.25) is 0 Å². The second-order valence-electron chi connectivity index (χ2n) is 6.96. The number of para-hydroxylation sites is 2. The molecule has 0 aliphatic heterocycles. The van der Waals surface area contributed by atoms with Crippen LogP contribution in [0.1, 0.15) is 33.1 Å². The second kappa shape index (κ2) is 11.0. The smallest absolute Gasteiger partial charge is 0.266 e. The van der Waals surface area contributed by atoms with Crippen LogP contribution in [0.25, 0.3) is 0 Å². The predicted octanol–water partition coefficient (Wildman–Crippen LogP) is 3.96. The van der Waals surface area contributed by atoms with Gasteiger partial charge in [-0.25, -0.2) is 8.42 Å². The van der Waals surface area contributed by atoms with Crippen LogP contribution in [-0.2, 0) is 14.8 Å². The van der Waals surface area contributed by atoms with E-state index in [0.717, 1.165) is 19.4 Å². The highest BCUT2D eigenvalue weighted by Crippen LogP contribution is 2.28. The minimum atomic E-state index is -3.82. The number of rotatable bonds is 11. The van der Waals surface area contributed by atoms with Gasteiger partial charge < -0.3 is 10.2 Å². The maximum atomic E-state index is 13.3. The molecule has 1 amide bonds. The van der Waals surface area contributed by atoms with Gasteiger partial charge in [-0.15, -0.1) is 0 Å². The molecule has 0 aliphatic rings. The molecule has 0 saturated carbocycles. The Morgan fingerprint density at radius 1 is 0.966 bits per heavy atom. The molecule has 6 nitrogen and oxygen atoms in total. The molecular formula is C22H31N3O3S. The van der Waals surface area contributed by atoms with E-state index in [0.29, 0.717) is 24.3 Å². The Balaban J connectivity index is 2.18. The van der Waals surface area contributed by atoms with E-state index in [4.69, 9.17) is 0 Å². The van der Waals surface area contributed by atoms with Crippen LogP contribution in [0.5, 0.6) is 0 Å². The number of hydrogen-bond donors (Lipinski definition) is 1. The molecule has 0 fully saturated rings. The Kier molecular flexibility index (Phi) is 8.67. The first-order valence-electron chi connectivity index (χ1n) is 10.0. The molecule has 1 N–H and O–H groups in total. The van der Waals surface area contributed by atoms with Crippen molar-refractivity contribution in [1.82, 2.24) is 4.90 Å². The van der Waals surface area contributed by atoms with Crippen LogP contribution in [0.4, 0.5) is 11.4 Å². The lowest BCUT2D eigenvalue weighted by molar-refractivity contribution is -0.116. The molecule has 0 unspecified atom stereocenters. The van der Waals surface area contributed by atoms with Crippen molar-refractivity contribution < 1.29 is 13.2 Å². The summed E-state index contributed by atoms with van der Waals surface area (Å²) in [5.74, 6) is -0.196. The number of nitrogens with zero attached hydrogens (tertiary/aromatic N) is 2. The summed E-state index contributed by atoms with van der Waals surface area (Å²) >= 11 is 0. The molecule has 0 bridgehead atoms. The van der Waals surface area contributed by atoms with Crippen LogP contribution in [0.3, 0.4) is 0 Å². The summed E-state index contributed by atoms with van der Waals surface area (Å²) in [4.78, 5) is 14.6. The average Bonchev–Trinajstić information content (AvgIpc) is 2.72. The topological polar surface area (TPSA) is 69.7 Å². The van der Waals surface area contributed by atoms with Crippen molar-refractivity contribution in [3.05, 3.63) is 54.6 Å². The van der Waals surface area contributed by atoms with E-state index >= 15 is 0 Å². The van der Waals surface area contributed by atoms with Gasteiger partial charge in [0.1, 0.15) is 4.90 Å². The van der Waals surface area contributed by atoms with E-state index in [-0.39, 0.29) is 17.3 Å². The Morgan fingerprint density at radius 2 is 1.62 bits per heavy atom. The third kappa shape index (κ3) is 6.30. The predicted molar refractivity (Wildman–Crippen MR) is 119 cm³/mol. The maximum absolute atomic E-state index is 13.3. The molecule has 2 aromatic rings. The normalized spacial score (nSPS) is 11.4. The molecule has 0 spiro atoms. The molecule has 0 radical (unpaired) electrons. The highest BCUT2D eigenvalue weighted by Gasteiger charge is 2.26. The largest absolute Gasteiger partial charge is 0.325 e. The van der Waals surface area contributed by atoms with Crippen LogP contribution in [-0.4, -0.2) is 45.9 Å². The summed E-state index contributed by atoms with van der Waals surface area (Å²) in [5.41, 5.74) is 0.900. The molecule has 0 heterocycles. The monoisotopic (exact) mass is 417 g/mol. The van der Waals surface area contributed by atoms with E-state index in [9.17, 15) is 13.2 Å². The van der Waals surface area contributed by atoms with Crippen molar-refractivity contribution in [1.29, 1.82) is 0 Å². The number of carbonyl (C=O) groups excluding carboxylic acids is 1. The number of hydrogen-bond acceptors (Lipinski definition) is 4. The van der Waals surface area contributed by atoms with Crippen molar-refractivity contribution >= 4 is 27.3 Å². The van der Waals surface area contributed by atoms with Crippen molar-refractivity contribution in [3.63, 3.8) is 0 Å². The third-order valence-electron chi connectivity index (χ3n) is 4.67. The molecule has 158 valence electrons. The Morgan fingerprint density at radius 3 is 2.28 bits per heavy atom. The standard InChI is InChI=1S/C22H31N3O3S/c1-4-6-17-24(3)18-16-22(26)23-20-14-10-11-15-21(20)29(27,28)25(5-2)19-12-8-7-9-13-19/h7-15H,4-6,16-18H2,1-3H3,(H,23,26). The van der Waals surface area contributed by atoms with Crippen LogP contribution in [0, 0.1) is 0 Å². The highest BCUT2D eigenvalue weighted by molar-refractivity contribution is 7.93. The molecule has 7 heteroatoms. The van der Waals surface area contributed by atoms with E-state index < -0.39 is 10.0 Å². The van der Waals surface area contributed by atoms with Gasteiger partial charge in [0, 0.05) is 19.5 Å². The lowest BCUT2D eigenvalue weighted by atomic mass is 10.3. The van der Waals surface area contributed by atoms with E-state index in [2.05, 4.69) is 17.1 Å². The summed E-state index contributed by atoms with van der Waals surface area (Å²) in [6, 6.07) is 15.5. The summed E-state index contributed by atoms with van der Waals surface area (Å²) in [5, 5.41) is 2.79. The van der Waals surface area contributed by atoms with Crippen molar-refractivity contribution in [3.8, 4) is 0 Å². The van der Waals surface area contributed by atoms with Gasteiger partial charge in [0.25, 0.3) is 10.0 Å². The SMILES string of the molecule is CCCCN(C)CCC(=O)Nc1ccccc1S(=O)(=O)N(CC)c1ccccc1. The fourth-order valence-corrected chi connectivity index (χ4v) is 4.67. The van der Waals surface area contributed by atoms with Crippen LogP contribution in [0.15, 0.2) is 59.5 Å². The Hall–Kier alpha value is -2.38. The van der Waals surface area contributed by atoms with Gasteiger partial charge in [-0.05, 0) is 51.2 Å². The van der Waals surface area contributed by atoms with Gasteiger partial charge in [0.2, 0.25) is 5.91 Å². The highest BCUT2D eigenvalue weighted by atomic mass is 32.2. The van der Waals surface area contributed by atoms with Crippen molar-refractivity contribution in [2.45, 2.75) is 38.0 Å². The van der Waals surface area contributed by atoms with Crippen molar-refractivity contribution in [2.75, 3.05) is 36.3 Å². The summed E-state index contributed by atoms with van der Waals surface area (Å²) in [7, 11) is -1.83. The number of carbonyl (C=O) groups is 1. The van der Waals surface area contributed by atoms with Gasteiger partial charge in [0.15, 0.2) is 0 Å². The zero-order chi connectivity index (χ0) is 21.3. The fraction of sp³-hybridized carbons (Fsp3) is 0.409. The third-order valence-corrected chi connectivity index (χ3v) is 6.64. The van der Waals surface area contributed by atoms with Gasteiger partial charge in [-0.2, -0.15) is 0 Å². The lowest BCUT2D eigenvalue weighted by Gasteiger charge is -2.24. The van der Waals surface area contributed by atoms with Crippen LogP contribution < -0.4 is 9.62 Å². The lowest BCUT2D eigenvalue weighted by Crippen LogP contribution is -2.32. The van der Waals surface area contributed by atoms with E-state index in [1.807, 2.05) is 13.1 Å².